The van der Waals surface area contributed by atoms with Gasteiger partial charge in [0.2, 0.25) is 0 Å². The summed E-state index contributed by atoms with van der Waals surface area (Å²) in [6.07, 6.45) is 0.405. The highest BCUT2D eigenvalue weighted by Crippen LogP contribution is 2.35. The van der Waals surface area contributed by atoms with Gasteiger partial charge in [-0.15, -0.1) is 11.3 Å². The number of fused-ring (bicyclic) bond motifs is 1. The van der Waals surface area contributed by atoms with Crippen LogP contribution in [0.25, 0.3) is 11.0 Å². The van der Waals surface area contributed by atoms with Crippen molar-refractivity contribution in [2.24, 2.45) is 16.5 Å². The van der Waals surface area contributed by atoms with Crippen LogP contribution in [-0.2, 0) is 14.8 Å². The Labute approximate surface area is 203 Å². The molecule has 0 saturated heterocycles. The summed E-state index contributed by atoms with van der Waals surface area (Å²) >= 11 is 1.97. The van der Waals surface area contributed by atoms with E-state index >= 15 is 0 Å². The van der Waals surface area contributed by atoms with E-state index < -0.39 is 27.9 Å². The highest BCUT2D eigenvalue weighted by Gasteiger charge is 2.28. The number of nitrogens with two attached hydrogens (primary N) is 2. The summed E-state index contributed by atoms with van der Waals surface area (Å²) < 4.78 is 36.9. The average molecular weight is 526 g/mol. The maximum absolute atomic E-state index is 13.1. The number of aromatic nitrogens is 2. The largest absolute Gasteiger partial charge is 0.480 e. The lowest BCUT2D eigenvalue weighted by Crippen LogP contribution is -2.41. The van der Waals surface area contributed by atoms with Gasteiger partial charge in [0.1, 0.15) is 27.0 Å². The van der Waals surface area contributed by atoms with Crippen LogP contribution in [0, 0.1) is 13.8 Å². The minimum Gasteiger partial charge on any atom is -0.480 e. The zero-order chi connectivity index (χ0) is 25.0. The summed E-state index contributed by atoms with van der Waals surface area (Å²) in [5.41, 5.74) is 11.8. The maximum Gasteiger partial charge on any atom is 0.326 e. The van der Waals surface area contributed by atoms with Gasteiger partial charge in [0, 0.05) is 11.4 Å². The van der Waals surface area contributed by atoms with E-state index in [-0.39, 0.29) is 39.9 Å². The normalized spacial score (nSPS) is 12.3. The number of sulfonamides is 1. The van der Waals surface area contributed by atoms with Gasteiger partial charge in [-0.2, -0.15) is 8.75 Å². The fraction of sp³-hybridized carbons (Fsp3) is 0.316. The van der Waals surface area contributed by atoms with E-state index in [0.29, 0.717) is 22.4 Å². The van der Waals surface area contributed by atoms with Crippen molar-refractivity contribution in [2.45, 2.75) is 37.6 Å². The molecule has 0 spiro atoms. The van der Waals surface area contributed by atoms with Crippen molar-refractivity contribution in [1.82, 2.24) is 14.1 Å². The van der Waals surface area contributed by atoms with Crippen LogP contribution < -0.4 is 21.5 Å². The smallest absolute Gasteiger partial charge is 0.326 e. The maximum atomic E-state index is 13.1. The molecule has 3 rings (SSSR count). The molecule has 0 aliphatic rings. The molecule has 0 radical (unpaired) electrons. The molecule has 0 aliphatic heterocycles. The van der Waals surface area contributed by atoms with E-state index in [0.717, 1.165) is 23.1 Å². The molecule has 0 aliphatic carbocycles. The molecule has 0 fully saturated rings. The number of nitrogens with one attached hydrogen (secondary N) is 2. The number of aliphatic imine (C=N–C) groups is 1. The van der Waals surface area contributed by atoms with Gasteiger partial charge in [0.05, 0.1) is 17.3 Å². The van der Waals surface area contributed by atoms with Gasteiger partial charge in [-0.25, -0.2) is 13.2 Å². The number of carbonyl (C=O) groups is 2. The molecule has 15 heteroatoms. The first-order chi connectivity index (χ1) is 16.0. The highest BCUT2D eigenvalue weighted by molar-refractivity contribution is 7.93. The van der Waals surface area contributed by atoms with Crippen LogP contribution in [0.3, 0.4) is 0 Å². The molecular formula is C19H23N7O5S3. The number of hydrogen-bond donors (Lipinski definition) is 5. The number of hydrogen-bond acceptors (Lipinski definition) is 9. The Bertz CT molecular complexity index is 1360. The van der Waals surface area contributed by atoms with E-state index in [4.69, 9.17) is 11.5 Å². The molecule has 12 nitrogen and oxygen atoms in total. The second-order valence-electron chi connectivity index (χ2n) is 7.29. The Balaban J connectivity index is 1.86. The lowest BCUT2D eigenvalue weighted by Gasteiger charge is -2.15. The number of benzene rings is 1. The van der Waals surface area contributed by atoms with Crippen molar-refractivity contribution in [3.8, 4) is 0 Å². The molecule has 2 aromatic heterocycles. The summed E-state index contributed by atoms with van der Waals surface area (Å²) in [6, 6.07) is 3.39. The molecule has 1 amide bonds. The van der Waals surface area contributed by atoms with E-state index in [1.54, 1.807) is 26.0 Å². The van der Waals surface area contributed by atoms with Gasteiger partial charge in [0.15, 0.2) is 5.96 Å². The van der Waals surface area contributed by atoms with Crippen molar-refractivity contribution in [3.63, 3.8) is 0 Å². The SMILES string of the molecule is Cc1sc(NS(=O)(=O)c2cccc3nsnc23)c(C(=O)N[C@@H](CCCN=C(N)N)C(=O)O)c1C. The van der Waals surface area contributed by atoms with Crippen LogP contribution in [0.5, 0.6) is 0 Å². The van der Waals surface area contributed by atoms with E-state index in [1.165, 1.54) is 6.07 Å². The Morgan fingerprint density at radius 1 is 1.24 bits per heavy atom. The van der Waals surface area contributed by atoms with E-state index in [1.807, 2.05) is 0 Å². The van der Waals surface area contributed by atoms with Crippen LogP contribution in [-0.4, -0.2) is 52.7 Å². The average Bonchev–Trinajstić information content (AvgIpc) is 3.33. The standard InChI is InChI=1S/C19H23N7O5S3/c1-9-10(2)32-17(26-34(30,31)13-7-3-5-11-15(13)25-33-24-11)14(9)16(27)23-12(18(28)29)6-4-8-22-19(20)21/h3,5,7,12,26H,4,6,8H2,1-2H3,(H,23,27)(H,28,29)(H4,20,21,22)/t12-/m0/s1. The fourth-order valence-corrected chi connectivity index (χ4v) is 6.27. The van der Waals surface area contributed by atoms with Crippen LogP contribution in [0.4, 0.5) is 5.00 Å². The zero-order valence-electron chi connectivity index (χ0n) is 18.2. The molecule has 2 heterocycles. The van der Waals surface area contributed by atoms with Crippen molar-refractivity contribution in [3.05, 3.63) is 34.2 Å². The highest BCUT2D eigenvalue weighted by atomic mass is 32.2. The lowest BCUT2D eigenvalue weighted by molar-refractivity contribution is -0.139. The molecule has 1 aromatic carbocycles. The number of aliphatic carboxylic acids is 1. The summed E-state index contributed by atoms with van der Waals surface area (Å²) in [5.74, 6) is -2.05. The topological polar surface area (TPSA) is 203 Å². The van der Waals surface area contributed by atoms with Crippen molar-refractivity contribution >= 4 is 67.0 Å². The summed E-state index contributed by atoms with van der Waals surface area (Å²) in [4.78, 5) is 29.1. The van der Waals surface area contributed by atoms with Crippen LogP contribution in [0.2, 0.25) is 0 Å². The molecule has 3 aromatic rings. The molecule has 0 unspecified atom stereocenters. The predicted molar refractivity (Wildman–Crippen MR) is 131 cm³/mol. The molecule has 34 heavy (non-hydrogen) atoms. The van der Waals surface area contributed by atoms with Crippen molar-refractivity contribution < 1.29 is 23.1 Å². The number of carboxylic acids is 1. The third-order valence-corrected chi connectivity index (χ3v) is 8.10. The van der Waals surface area contributed by atoms with Crippen molar-refractivity contribution in [1.29, 1.82) is 0 Å². The Hall–Kier alpha value is -3.30. The number of nitrogens with zero attached hydrogens (tertiary/aromatic N) is 3. The fourth-order valence-electron chi connectivity index (χ4n) is 3.14. The third-order valence-electron chi connectivity index (χ3n) is 4.93. The first-order valence-electron chi connectivity index (χ1n) is 9.94. The molecular weight excluding hydrogens is 502 g/mol. The van der Waals surface area contributed by atoms with Crippen LogP contribution >= 0.6 is 23.1 Å². The number of aryl methyl sites for hydroxylation is 1. The summed E-state index contributed by atoms with van der Waals surface area (Å²) in [5, 5.41) is 12.1. The van der Waals surface area contributed by atoms with E-state index in [9.17, 15) is 23.1 Å². The third kappa shape index (κ3) is 5.60. The number of rotatable bonds is 10. The Morgan fingerprint density at radius 2 is 1.97 bits per heavy atom. The van der Waals surface area contributed by atoms with Crippen molar-refractivity contribution in [2.75, 3.05) is 11.3 Å². The number of amides is 1. The minimum atomic E-state index is -4.11. The first-order valence-corrected chi connectivity index (χ1v) is 13.0. The molecule has 7 N–H and O–H groups in total. The minimum absolute atomic E-state index is 0.0603. The monoisotopic (exact) mass is 525 g/mol. The molecule has 0 saturated carbocycles. The Kier molecular flexibility index (Phi) is 7.68. The quantitative estimate of drug-likeness (QED) is 0.147. The number of carboxylic acid groups (broad SMARTS) is 1. The number of guanidine groups is 1. The second kappa shape index (κ2) is 10.3. The van der Waals surface area contributed by atoms with Crippen LogP contribution in [0.1, 0.15) is 33.6 Å². The lowest BCUT2D eigenvalue weighted by atomic mass is 10.1. The van der Waals surface area contributed by atoms with Gasteiger partial charge in [0.25, 0.3) is 15.9 Å². The summed E-state index contributed by atoms with van der Waals surface area (Å²) in [7, 11) is -4.11. The van der Waals surface area contributed by atoms with Gasteiger partial charge < -0.3 is 21.9 Å². The predicted octanol–water partition coefficient (Wildman–Crippen LogP) is 1.41. The molecule has 1 atom stereocenters. The van der Waals surface area contributed by atoms with Gasteiger partial charge in [-0.05, 0) is 44.4 Å². The summed E-state index contributed by atoms with van der Waals surface area (Å²) in [6.45, 7) is 3.61. The van der Waals surface area contributed by atoms with Crippen LogP contribution in [0.15, 0.2) is 28.1 Å². The van der Waals surface area contributed by atoms with Gasteiger partial charge >= 0.3 is 5.97 Å². The van der Waals surface area contributed by atoms with Gasteiger partial charge in [-0.3, -0.25) is 14.5 Å². The van der Waals surface area contributed by atoms with E-state index in [2.05, 4.69) is 23.8 Å². The second-order valence-corrected chi connectivity index (χ2v) is 10.7. The number of carbonyl (C=O) groups excluding carboxylic acids is 1. The molecule has 182 valence electrons. The first kappa shape index (κ1) is 25.3. The number of anilines is 1. The Morgan fingerprint density at radius 3 is 2.65 bits per heavy atom. The number of thiophene rings is 1. The van der Waals surface area contributed by atoms with Gasteiger partial charge in [-0.1, -0.05) is 6.07 Å². The molecule has 0 bridgehead atoms. The zero-order valence-corrected chi connectivity index (χ0v) is 20.7.